The van der Waals surface area contributed by atoms with Crippen molar-refractivity contribution in [1.82, 2.24) is 19.7 Å². The topological polar surface area (TPSA) is 110 Å². The predicted molar refractivity (Wildman–Crippen MR) is 102 cm³/mol. The van der Waals surface area contributed by atoms with E-state index in [-0.39, 0.29) is 17.1 Å². The van der Waals surface area contributed by atoms with Crippen LogP contribution in [0.3, 0.4) is 0 Å². The molecule has 0 radical (unpaired) electrons. The number of ether oxygens (including phenoxy) is 1. The molecule has 2 heterocycles. The molecule has 2 N–H and O–H groups in total. The van der Waals surface area contributed by atoms with Crippen molar-refractivity contribution in [3.05, 3.63) is 75.8 Å². The number of rotatable bonds is 4. The first-order valence-corrected chi connectivity index (χ1v) is 8.49. The van der Waals surface area contributed by atoms with Gasteiger partial charge < -0.3 is 9.84 Å². The molecule has 0 amide bonds. The number of aromatic carboxylic acids is 1. The fourth-order valence-electron chi connectivity index (χ4n) is 2.90. The number of aromatic nitrogens is 4. The summed E-state index contributed by atoms with van der Waals surface area (Å²) in [5.74, 6) is 0.300. The van der Waals surface area contributed by atoms with Crippen molar-refractivity contribution in [1.29, 1.82) is 0 Å². The summed E-state index contributed by atoms with van der Waals surface area (Å²) in [7, 11) is 0. The molecule has 4 aromatic rings. The fourth-order valence-corrected chi connectivity index (χ4v) is 2.90. The molecule has 0 saturated heterocycles. The maximum Gasteiger partial charge on any atom is 0.338 e. The third-order valence-corrected chi connectivity index (χ3v) is 4.34. The van der Waals surface area contributed by atoms with Gasteiger partial charge in [-0.05, 0) is 43.2 Å². The van der Waals surface area contributed by atoms with Crippen LogP contribution in [0, 0.1) is 13.8 Å². The SMILES string of the molecule is Cc1cccc(C)c1Oc1ccc2nc(-n3cc(C(=O)O)cn3)[nH]c(=O)c2c1. The lowest BCUT2D eigenvalue weighted by Gasteiger charge is -2.12. The second-order valence-electron chi connectivity index (χ2n) is 6.37. The minimum atomic E-state index is -1.11. The molecule has 140 valence electrons. The van der Waals surface area contributed by atoms with Crippen molar-refractivity contribution in [2.45, 2.75) is 13.8 Å². The van der Waals surface area contributed by atoms with Gasteiger partial charge >= 0.3 is 5.97 Å². The molecule has 0 atom stereocenters. The summed E-state index contributed by atoms with van der Waals surface area (Å²) >= 11 is 0. The molecule has 0 unspecified atom stereocenters. The van der Waals surface area contributed by atoms with Crippen LogP contribution < -0.4 is 10.3 Å². The molecule has 8 heteroatoms. The van der Waals surface area contributed by atoms with Gasteiger partial charge in [-0.2, -0.15) is 5.10 Å². The summed E-state index contributed by atoms with van der Waals surface area (Å²) in [5.41, 5.74) is 2.06. The fraction of sp³-hybridized carbons (Fsp3) is 0.100. The molecule has 0 aliphatic heterocycles. The predicted octanol–water partition coefficient (Wildman–Crippen LogP) is 3.22. The van der Waals surface area contributed by atoms with Gasteiger partial charge in [0, 0.05) is 6.20 Å². The molecule has 2 aromatic carbocycles. The molecule has 0 aliphatic carbocycles. The number of carboxylic acids is 1. The zero-order chi connectivity index (χ0) is 19.8. The maximum atomic E-state index is 12.5. The van der Waals surface area contributed by atoms with E-state index in [1.807, 2.05) is 32.0 Å². The van der Waals surface area contributed by atoms with E-state index >= 15 is 0 Å². The highest BCUT2D eigenvalue weighted by Crippen LogP contribution is 2.29. The first-order chi connectivity index (χ1) is 13.4. The highest BCUT2D eigenvalue weighted by atomic mass is 16.5. The molecule has 8 nitrogen and oxygen atoms in total. The van der Waals surface area contributed by atoms with Crippen LogP contribution in [0.15, 0.2) is 53.6 Å². The molecule has 28 heavy (non-hydrogen) atoms. The molecule has 0 bridgehead atoms. The van der Waals surface area contributed by atoms with Crippen LogP contribution in [-0.4, -0.2) is 30.8 Å². The quantitative estimate of drug-likeness (QED) is 0.566. The number of carboxylic acid groups (broad SMARTS) is 1. The van der Waals surface area contributed by atoms with E-state index in [1.165, 1.54) is 17.1 Å². The van der Waals surface area contributed by atoms with Gasteiger partial charge in [-0.15, -0.1) is 0 Å². The number of H-pyrrole nitrogens is 1. The maximum absolute atomic E-state index is 12.5. The Bertz CT molecular complexity index is 1250. The molecular weight excluding hydrogens is 360 g/mol. The monoisotopic (exact) mass is 376 g/mol. The molecular formula is C20H16N4O4. The lowest BCUT2D eigenvalue weighted by atomic mass is 10.1. The Hall–Kier alpha value is -3.94. The normalized spacial score (nSPS) is 10.9. The summed E-state index contributed by atoms with van der Waals surface area (Å²) in [6, 6.07) is 10.9. The molecule has 0 spiro atoms. The van der Waals surface area contributed by atoms with Gasteiger partial charge in [0.2, 0.25) is 5.95 Å². The van der Waals surface area contributed by atoms with Crippen LogP contribution in [0.2, 0.25) is 0 Å². The Labute approximate surface area is 159 Å². The number of hydrogen-bond acceptors (Lipinski definition) is 5. The Kier molecular flexibility index (Phi) is 4.15. The summed E-state index contributed by atoms with van der Waals surface area (Å²) in [6.45, 7) is 3.92. The zero-order valence-corrected chi connectivity index (χ0v) is 15.1. The minimum absolute atomic E-state index is 0.0000876. The molecule has 4 rings (SSSR count). The van der Waals surface area contributed by atoms with E-state index in [4.69, 9.17) is 9.84 Å². The van der Waals surface area contributed by atoms with Crippen molar-refractivity contribution >= 4 is 16.9 Å². The second kappa shape index (κ2) is 6.66. The number of hydrogen-bond donors (Lipinski definition) is 2. The Morgan fingerprint density at radius 2 is 1.93 bits per heavy atom. The van der Waals surface area contributed by atoms with Crippen molar-refractivity contribution in [2.24, 2.45) is 0 Å². The van der Waals surface area contributed by atoms with E-state index in [9.17, 15) is 9.59 Å². The smallest absolute Gasteiger partial charge is 0.338 e. The summed E-state index contributed by atoms with van der Waals surface area (Å²) in [5, 5.41) is 13.3. The first-order valence-electron chi connectivity index (χ1n) is 8.49. The van der Waals surface area contributed by atoms with Gasteiger partial charge in [-0.25, -0.2) is 14.5 Å². The third-order valence-electron chi connectivity index (χ3n) is 4.34. The molecule has 0 fully saturated rings. The number of nitrogens with one attached hydrogen (secondary N) is 1. The number of nitrogens with zero attached hydrogens (tertiary/aromatic N) is 3. The number of carbonyl (C=O) groups is 1. The lowest BCUT2D eigenvalue weighted by Crippen LogP contribution is -2.14. The number of aromatic amines is 1. The van der Waals surface area contributed by atoms with Crippen molar-refractivity contribution in [2.75, 3.05) is 0 Å². The second-order valence-corrected chi connectivity index (χ2v) is 6.37. The van der Waals surface area contributed by atoms with Crippen LogP contribution in [0.1, 0.15) is 21.5 Å². The van der Waals surface area contributed by atoms with Gasteiger partial charge in [-0.3, -0.25) is 9.78 Å². The van der Waals surface area contributed by atoms with Gasteiger partial charge in [0.05, 0.1) is 22.7 Å². The van der Waals surface area contributed by atoms with Crippen LogP contribution >= 0.6 is 0 Å². The highest BCUT2D eigenvalue weighted by Gasteiger charge is 2.12. The van der Waals surface area contributed by atoms with Gasteiger partial charge in [0.25, 0.3) is 5.56 Å². The van der Waals surface area contributed by atoms with Crippen molar-refractivity contribution in [3.8, 4) is 17.4 Å². The van der Waals surface area contributed by atoms with Crippen molar-refractivity contribution in [3.63, 3.8) is 0 Å². The van der Waals surface area contributed by atoms with Crippen LogP contribution in [0.25, 0.3) is 16.9 Å². The minimum Gasteiger partial charge on any atom is -0.478 e. The van der Waals surface area contributed by atoms with E-state index in [2.05, 4.69) is 15.1 Å². The zero-order valence-electron chi connectivity index (χ0n) is 15.1. The Morgan fingerprint density at radius 3 is 2.61 bits per heavy atom. The van der Waals surface area contributed by atoms with Crippen LogP contribution in [0.5, 0.6) is 11.5 Å². The number of para-hydroxylation sites is 1. The van der Waals surface area contributed by atoms with Crippen molar-refractivity contribution < 1.29 is 14.6 Å². The van der Waals surface area contributed by atoms with E-state index < -0.39 is 5.97 Å². The van der Waals surface area contributed by atoms with E-state index in [0.717, 1.165) is 16.9 Å². The van der Waals surface area contributed by atoms with Gasteiger partial charge in [0.15, 0.2) is 0 Å². The summed E-state index contributed by atoms with van der Waals surface area (Å²) < 4.78 is 7.20. The average Bonchev–Trinajstić information content (AvgIpc) is 3.16. The summed E-state index contributed by atoms with van der Waals surface area (Å²) in [4.78, 5) is 30.5. The molecule has 2 aromatic heterocycles. The third kappa shape index (κ3) is 3.11. The van der Waals surface area contributed by atoms with Gasteiger partial charge in [-0.1, -0.05) is 18.2 Å². The van der Waals surface area contributed by atoms with Gasteiger partial charge in [0.1, 0.15) is 11.5 Å². The standard InChI is InChI=1S/C20H16N4O4/c1-11-4-3-5-12(2)17(11)28-14-6-7-16-15(8-14)18(25)23-20(22-16)24-10-13(9-21-24)19(26)27/h3-10H,1-2H3,(H,26,27)(H,22,23,25). The average molecular weight is 376 g/mol. The number of benzene rings is 2. The lowest BCUT2D eigenvalue weighted by molar-refractivity contribution is 0.0697. The summed E-state index contributed by atoms with van der Waals surface area (Å²) in [6.07, 6.45) is 2.47. The molecule has 0 aliphatic rings. The highest BCUT2D eigenvalue weighted by molar-refractivity contribution is 5.87. The first kappa shape index (κ1) is 17.5. The number of fused-ring (bicyclic) bond motifs is 1. The number of aryl methyl sites for hydroxylation is 2. The largest absolute Gasteiger partial charge is 0.478 e. The Morgan fingerprint density at radius 1 is 1.18 bits per heavy atom. The van der Waals surface area contributed by atoms with E-state index in [1.54, 1.807) is 18.2 Å². The van der Waals surface area contributed by atoms with E-state index in [0.29, 0.717) is 16.7 Å². The van der Waals surface area contributed by atoms with Crippen LogP contribution in [-0.2, 0) is 0 Å². The molecule has 0 saturated carbocycles. The van der Waals surface area contributed by atoms with Crippen LogP contribution in [0.4, 0.5) is 0 Å². The Balaban J connectivity index is 1.74.